The molecule has 0 heterocycles. The van der Waals surface area contributed by atoms with Crippen molar-refractivity contribution in [2.24, 2.45) is 0 Å². The lowest BCUT2D eigenvalue weighted by atomic mass is 9.87. The van der Waals surface area contributed by atoms with Crippen LogP contribution in [0.2, 0.25) is 10.0 Å². The van der Waals surface area contributed by atoms with Crippen molar-refractivity contribution in [1.82, 2.24) is 0 Å². The van der Waals surface area contributed by atoms with Crippen molar-refractivity contribution in [3.63, 3.8) is 0 Å². The highest BCUT2D eigenvalue weighted by Gasteiger charge is 2.16. The quantitative estimate of drug-likeness (QED) is 0.589. The summed E-state index contributed by atoms with van der Waals surface area (Å²) in [5.41, 5.74) is 1.22. The van der Waals surface area contributed by atoms with E-state index in [1.54, 1.807) is 6.07 Å². The molecule has 0 aliphatic rings. The maximum Gasteiger partial charge on any atom is 0.0458 e. The van der Waals surface area contributed by atoms with Gasteiger partial charge in [0.2, 0.25) is 0 Å². The monoisotopic (exact) mass is 202 g/mol. The molecule has 0 fully saturated rings. The lowest BCUT2D eigenvalue weighted by Crippen LogP contribution is -2.11. The van der Waals surface area contributed by atoms with E-state index in [1.807, 2.05) is 12.1 Å². The van der Waals surface area contributed by atoms with Gasteiger partial charge in [-0.15, -0.1) is 0 Å². The molecule has 1 aromatic rings. The van der Waals surface area contributed by atoms with Crippen molar-refractivity contribution in [2.45, 2.75) is 26.2 Å². The lowest BCUT2D eigenvalue weighted by molar-refractivity contribution is 0.590. The molecule has 0 saturated heterocycles. The molecule has 1 rings (SSSR count). The minimum absolute atomic E-state index is 0.0850. The molecule has 0 radical (unpaired) electrons. The van der Waals surface area contributed by atoms with Gasteiger partial charge in [0.1, 0.15) is 0 Å². The summed E-state index contributed by atoms with van der Waals surface area (Å²) in [6, 6.07) is 5.63. The number of hydrogen-bond donors (Lipinski definition) is 0. The van der Waals surface area contributed by atoms with Crippen molar-refractivity contribution in [3.05, 3.63) is 33.8 Å². The maximum atomic E-state index is 6.03. The Morgan fingerprint density at radius 1 is 1.08 bits per heavy atom. The van der Waals surface area contributed by atoms with Gasteiger partial charge in [-0.25, -0.2) is 0 Å². The zero-order valence-electron chi connectivity index (χ0n) is 7.49. The van der Waals surface area contributed by atoms with Crippen molar-refractivity contribution in [2.75, 3.05) is 0 Å². The van der Waals surface area contributed by atoms with E-state index in [2.05, 4.69) is 20.8 Å². The first-order chi connectivity index (χ1) is 5.41. The second-order valence-corrected chi connectivity index (χ2v) is 4.72. The summed E-state index contributed by atoms with van der Waals surface area (Å²) in [6.45, 7) is 6.38. The van der Waals surface area contributed by atoms with E-state index in [1.165, 1.54) is 0 Å². The van der Waals surface area contributed by atoms with E-state index in [0.717, 1.165) is 10.6 Å². The Kier molecular flexibility index (Phi) is 2.70. The van der Waals surface area contributed by atoms with E-state index in [4.69, 9.17) is 23.2 Å². The molecular weight excluding hydrogens is 191 g/mol. The average Bonchev–Trinajstić information content (AvgIpc) is 1.83. The smallest absolute Gasteiger partial charge is 0.0458 e. The Balaban J connectivity index is 3.19. The van der Waals surface area contributed by atoms with Crippen LogP contribution in [0.25, 0.3) is 0 Å². The Morgan fingerprint density at radius 2 is 1.67 bits per heavy atom. The third-order valence-electron chi connectivity index (χ3n) is 1.74. The van der Waals surface area contributed by atoms with Crippen LogP contribution in [0.15, 0.2) is 18.2 Å². The normalized spacial score (nSPS) is 11.8. The van der Waals surface area contributed by atoms with Crippen LogP contribution in [0.1, 0.15) is 26.3 Å². The van der Waals surface area contributed by atoms with E-state index >= 15 is 0 Å². The molecule has 12 heavy (non-hydrogen) atoms. The second-order valence-electron chi connectivity index (χ2n) is 3.87. The van der Waals surface area contributed by atoms with Crippen LogP contribution >= 0.6 is 23.2 Å². The van der Waals surface area contributed by atoms with Gasteiger partial charge >= 0.3 is 0 Å². The van der Waals surface area contributed by atoms with Gasteiger partial charge < -0.3 is 0 Å². The molecule has 0 spiro atoms. The summed E-state index contributed by atoms with van der Waals surface area (Å²) < 4.78 is 0. The Bertz CT molecular complexity index is 284. The minimum Gasteiger partial charge on any atom is -0.0843 e. The highest BCUT2D eigenvalue weighted by molar-refractivity contribution is 6.35. The van der Waals surface area contributed by atoms with Gasteiger partial charge in [-0.3, -0.25) is 0 Å². The van der Waals surface area contributed by atoms with Crippen LogP contribution < -0.4 is 0 Å². The van der Waals surface area contributed by atoms with Crippen molar-refractivity contribution in [1.29, 1.82) is 0 Å². The molecule has 2 heteroatoms. The standard InChI is InChI=1S/C10H12Cl2/c1-10(2,3)8-5-4-7(11)6-9(8)12/h4-6H,1-3H3. The summed E-state index contributed by atoms with van der Waals surface area (Å²) in [5, 5.41) is 1.43. The first-order valence-corrected chi connectivity index (χ1v) is 4.62. The predicted molar refractivity (Wildman–Crippen MR) is 55.2 cm³/mol. The second kappa shape index (κ2) is 3.27. The highest BCUT2D eigenvalue weighted by Crippen LogP contribution is 2.30. The van der Waals surface area contributed by atoms with Crippen LogP contribution in [0, 0.1) is 0 Å². The lowest BCUT2D eigenvalue weighted by Gasteiger charge is -2.20. The van der Waals surface area contributed by atoms with Crippen LogP contribution in [-0.4, -0.2) is 0 Å². The molecule has 0 aromatic heterocycles. The van der Waals surface area contributed by atoms with Crippen molar-refractivity contribution in [3.8, 4) is 0 Å². The fraction of sp³-hybridized carbons (Fsp3) is 0.400. The maximum absolute atomic E-state index is 6.03. The molecule has 0 saturated carbocycles. The Hall–Kier alpha value is -0.200. The SMILES string of the molecule is CC(C)(C)c1ccc(Cl)cc1Cl. The van der Waals surface area contributed by atoms with Gasteiger partial charge in [0.05, 0.1) is 0 Å². The van der Waals surface area contributed by atoms with Crippen LogP contribution in [0.4, 0.5) is 0 Å². The number of halogens is 2. The molecule has 0 bridgehead atoms. The number of benzene rings is 1. The average molecular weight is 203 g/mol. The molecule has 0 nitrogen and oxygen atoms in total. The zero-order chi connectivity index (χ0) is 9.35. The summed E-state index contributed by atoms with van der Waals surface area (Å²) in [6.07, 6.45) is 0. The fourth-order valence-electron chi connectivity index (χ4n) is 1.10. The van der Waals surface area contributed by atoms with Gasteiger partial charge in [-0.05, 0) is 23.1 Å². The van der Waals surface area contributed by atoms with Crippen molar-refractivity contribution < 1.29 is 0 Å². The first kappa shape index (κ1) is 9.88. The summed E-state index contributed by atoms with van der Waals surface area (Å²) >= 11 is 11.8. The van der Waals surface area contributed by atoms with E-state index in [-0.39, 0.29) is 5.41 Å². The summed E-state index contributed by atoms with van der Waals surface area (Å²) in [4.78, 5) is 0. The van der Waals surface area contributed by atoms with E-state index in [9.17, 15) is 0 Å². The molecule has 0 N–H and O–H groups in total. The molecule has 0 aliphatic carbocycles. The number of rotatable bonds is 0. The fourth-order valence-corrected chi connectivity index (χ4v) is 1.79. The molecule has 0 atom stereocenters. The largest absolute Gasteiger partial charge is 0.0843 e. The minimum atomic E-state index is 0.0850. The molecule has 0 amide bonds. The van der Waals surface area contributed by atoms with Gasteiger partial charge in [0.15, 0.2) is 0 Å². The molecule has 0 aliphatic heterocycles. The van der Waals surface area contributed by atoms with Crippen LogP contribution in [0.3, 0.4) is 0 Å². The molecule has 66 valence electrons. The van der Waals surface area contributed by atoms with Crippen LogP contribution in [-0.2, 0) is 5.41 Å². The predicted octanol–water partition coefficient (Wildman–Crippen LogP) is 4.29. The van der Waals surface area contributed by atoms with Gasteiger partial charge in [0, 0.05) is 10.0 Å². The summed E-state index contributed by atoms with van der Waals surface area (Å²) in [7, 11) is 0. The highest BCUT2D eigenvalue weighted by atomic mass is 35.5. The van der Waals surface area contributed by atoms with E-state index < -0.39 is 0 Å². The first-order valence-electron chi connectivity index (χ1n) is 3.87. The Morgan fingerprint density at radius 3 is 2.08 bits per heavy atom. The van der Waals surface area contributed by atoms with Gasteiger partial charge in [-0.1, -0.05) is 50.0 Å². The number of hydrogen-bond acceptors (Lipinski definition) is 0. The third kappa shape index (κ3) is 2.15. The molecular formula is C10H12Cl2. The van der Waals surface area contributed by atoms with Crippen molar-refractivity contribution >= 4 is 23.2 Å². The Labute approximate surface area is 83.5 Å². The summed E-state index contributed by atoms with van der Waals surface area (Å²) in [5.74, 6) is 0. The van der Waals surface area contributed by atoms with Crippen LogP contribution in [0.5, 0.6) is 0 Å². The molecule has 1 aromatic carbocycles. The van der Waals surface area contributed by atoms with E-state index in [0.29, 0.717) is 5.02 Å². The topological polar surface area (TPSA) is 0 Å². The third-order valence-corrected chi connectivity index (χ3v) is 2.29. The zero-order valence-corrected chi connectivity index (χ0v) is 9.00. The van der Waals surface area contributed by atoms with Gasteiger partial charge in [0.25, 0.3) is 0 Å². The van der Waals surface area contributed by atoms with Gasteiger partial charge in [-0.2, -0.15) is 0 Å². The molecule has 0 unspecified atom stereocenters.